The Morgan fingerprint density at radius 3 is 1.29 bits per heavy atom. The normalized spacial score (nSPS) is 11.5. The monoisotopic (exact) mass is 482 g/mol. The van der Waals surface area contributed by atoms with Gasteiger partial charge in [0, 0.05) is 34.1 Å². The van der Waals surface area contributed by atoms with Crippen molar-refractivity contribution in [1.82, 2.24) is 0 Å². The van der Waals surface area contributed by atoms with Gasteiger partial charge in [-0.2, -0.15) is 6.07 Å². The van der Waals surface area contributed by atoms with Gasteiger partial charge in [0.15, 0.2) is 0 Å². The molecule has 0 fully saturated rings. The van der Waals surface area contributed by atoms with E-state index >= 15 is 0 Å². The van der Waals surface area contributed by atoms with Gasteiger partial charge >= 0.3 is 27.7 Å². The predicted molar refractivity (Wildman–Crippen MR) is 107 cm³/mol. The molecule has 0 saturated carbocycles. The summed E-state index contributed by atoms with van der Waals surface area (Å²) in [7, 11) is 3.50. The third kappa shape index (κ3) is 8.83. The third-order valence-corrected chi connectivity index (χ3v) is 8.07. The summed E-state index contributed by atoms with van der Waals surface area (Å²) in [6.45, 7) is 17.8. The molecule has 2 nitrogen and oxygen atoms in total. The molecule has 0 amide bonds. The molecule has 0 N–H and O–H groups in total. The molecule has 1 rings (SSSR count). The van der Waals surface area contributed by atoms with Crippen LogP contribution in [0.25, 0.3) is 0 Å². The second-order valence-corrected chi connectivity index (χ2v) is 12.6. The minimum atomic E-state index is -0.494. The van der Waals surface area contributed by atoms with E-state index in [-0.39, 0.29) is 0 Å². The zero-order valence-corrected chi connectivity index (χ0v) is 20.0. The second-order valence-electron chi connectivity index (χ2n) is 6.66. The van der Waals surface area contributed by atoms with Crippen LogP contribution in [0.3, 0.4) is 0 Å². The Hall–Kier alpha value is 0.632. The standard InChI is InChI=1S/C18H31O2P2.ClH.Pd/c1-13(2)21(14(3)4)19-17-10-9-11-18(12-17)20-22(15(5)6)16(7)8;;/h9-11,13-16H,1-8H3;1H;/q-1;;+2/p-1. The van der Waals surface area contributed by atoms with Gasteiger partial charge in [0.2, 0.25) is 0 Å². The Bertz CT molecular complexity index is 403. The van der Waals surface area contributed by atoms with Gasteiger partial charge in [-0.05, 0) is 0 Å². The fraction of sp³-hybridized carbons (Fsp3) is 0.667. The molecule has 142 valence electrons. The molecule has 0 aliphatic carbocycles. The molecule has 0 aliphatic heterocycles. The van der Waals surface area contributed by atoms with Gasteiger partial charge in [-0.25, -0.2) is 0 Å². The van der Waals surface area contributed by atoms with Crippen molar-refractivity contribution in [3.63, 3.8) is 0 Å². The zero-order chi connectivity index (χ0) is 18.9. The Morgan fingerprint density at radius 1 is 0.750 bits per heavy atom. The van der Waals surface area contributed by atoms with Gasteiger partial charge in [-0.15, -0.1) is 12.1 Å². The molecular weight excluding hydrogens is 452 g/mol. The first-order valence-corrected chi connectivity index (χ1v) is 13.1. The van der Waals surface area contributed by atoms with Crippen LogP contribution in [0.1, 0.15) is 55.4 Å². The van der Waals surface area contributed by atoms with Crippen LogP contribution in [-0.2, 0) is 18.2 Å². The summed E-state index contributed by atoms with van der Waals surface area (Å²) in [5.41, 5.74) is 2.15. The summed E-state index contributed by atoms with van der Waals surface area (Å²) in [5.74, 6) is 1.63. The van der Waals surface area contributed by atoms with Gasteiger partial charge in [0.05, 0.1) is 16.3 Å². The van der Waals surface area contributed by atoms with E-state index in [0.29, 0.717) is 22.6 Å². The van der Waals surface area contributed by atoms with Crippen LogP contribution in [0, 0.1) is 6.07 Å². The maximum absolute atomic E-state index is 6.22. The maximum atomic E-state index is 6.22. The molecule has 6 heteroatoms. The molecular formula is C18H31ClO2P2Pd. The topological polar surface area (TPSA) is 18.5 Å². The van der Waals surface area contributed by atoms with E-state index in [2.05, 4.69) is 89.2 Å². The molecule has 0 aliphatic rings. The van der Waals surface area contributed by atoms with Crippen LogP contribution in [0.2, 0.25) is 0 Å². The van der Waals surface area contributed by atoms with Gasteiger partial charge in [0.1, 0.15) is 0 Å². The van der Waals surface area contributed by atoms with Gasteiger partial charge in [0.25, 0.3) is 0 Å². The molecule has 0 unspecified atom stereocenters. The summed E-state index contributed by atoms with van der Waals surface area (Å²) in [6.07, 6.45) is 0. The Labute approximate surface area is 166 Å². The fourth-order valence-corrected chi connectivity index (χ4v) is 6.27. The zero-order valence-electron chi connectivity index (χ0n) is 15.9. The van der Waals surface area contributed by atoms with Crippen LogP contribution >= 0.6 is 25.8 Å². The SMILES string of the molecule is CC(C)P(Oc1[c-]c(OP(C(C)C)C(C)C)ccc1)C(C)C.[Cl][Pd+]. The van der Waals surface area contributed by atoms with Crippen molar-refractivity contribution in [2.24, 2.45) is 0 Å². The average Bonchev–Trinajstić information content (AvgIpc) is 2.51. The Balaban J connectivity index is 0.00000254. The van der Waals surface area contributed by atoms with E-state index in [1.807, 2.05) is 18.2 Å². The quantitative estimate of drug-likeness (QED) is 0.219. The van der Waals surface area contributed by atoms with Crippen molar-refractivity contribution in [2.45, 2.75) is 78.0 Å². The summed E-state index contributed by atoms with van der Waals surface area (Å²) >= 11 is 2.22. The third-order valence-electron chi connectivity index (χ3n) is 3.18. The first kappa shape index (κ1) is 24.6. The van der Waals surface area contributed by atoms with Crippen LogP contribution in [-0.4, -0.2) is 22.6 Å². The number of hydrogen-bond donors (Lipinski definition) is 0. The van der Waals surface area contributed by atoms with Crippen molar-refractivity contribution in [3.05, 3.63) is 24.3 Å². The average molecular weight is 483 g/mol. The summed E-state index contributed by atoms with van der Waals surface area (Å²) in [4.78, 5) is 0. The fourth-order valence-electron chi connectivity index (χ4n) is 2.38. The predicted octanol–water partition coefficient (Wildman–Crippen LogP) is 7.36. The second kappa shape index (κ2) is 12.9. The van der Waals surface area contributed by atoms with Crippen molar-refractivity contribution in [2.75, 3.05) is 0 Å². The van der Waals surface area contributed by atoms with E-state index in [1.165, 1.54) is 0 Å². The minimum absolute atomic E-state index is 0.494. The van der Waals surface area contributed by atoms with Gasteiger partial charge in [-0.1, -0.05) is 61.5 Å². The van der Waals surface area contributed by atoms with Crippen molar-refractivity contribution in [3.8, 4) is 11.5 Å². The summed E-state index contributed by atoms with van der Waals surface area (Å²) in [6, 6.07) is 9.29. The molecule has 0 spiro atoms. The Morgan fingerprint density at radius 2 is 1.04 bits per heavy atom. The van der Waals surface area contributed by atoms with Crippen molar-refractivity contribution >= 4 is 25.8 Å². The molecule has 1 aromatic carbocycles. The van der Waals surface area contributed by atoms with E-state index in [1.54, 1.807) is 0 Å². The molecule has 0 bridgehead atoms. The van der Waals surface area contributed by atoms with Crippen molar-refractivity contribution < 1.29 is 27.2 Å². The number of benzene rings is 1. The summed E-state index contributed by atoms with van der Waals surface area (Å²) < 4.78 is 12.4. The van der Waals surface area contributed by atoms with Crippen LogP contribution in [0.4, 0.5) is 0 Å². The van der Waals surface area contributed by atoms with Crippen LogP contribution in [0.15, 0.2) is 18.2 Å². The number of hydrogen-bond acceptors (Lipinski definition) is 2. The van der Waals surface area contributed by atoms with Crippen molar-refractivity contribution in [1.29, 1.82) is 0 Å². The first-order valence-electron chi connectivity index (χ1n) is 8.29. The van der Waals surface area contributed by atoms with E-state index in [4.69, 9.17) is 9.05 Å². The molecule has 0 atom stereocenters. The van der Waals surface area contributed by atoms with E-state index in [9.17, 15) is 0 Å². The molecule has 1 aromatic rings. The van der Waals surface area contributed by atoms with Crippen LogP contribution < -0.4 is 9.05 Å². The number of halogens is 1. The number of rotatable bonds is 8. The van der Waals surface area contributed by atoms with Crippen LogP contribution in [0.5, 0.6) is 11.5 Å². The summed E-state index contributed by atoms with van der Waals surface area (Å²) in [5, 5.41) is 0. The molecule has 0 saturated heterocycles. The molecule has 0 aromatic heterocycles. The van der Waals surface area contributed by atoms with Gasteiger partial charge < -0.3 is 9.05 Å². The Kier molecular flexibility index (Phi) is 13.2. The first-order chi connectivity index (χ1) is 11.2. The van der Waals surface area contributed by atoms with E-state index < -0.39 is 16.3 Å². The molecule has 0 heterocycles. The van der Waals surface area contributed by atoms with Gasteiger partial charge in [-0.3, -0.25) is 0 Å². The molecule has 24 heavy (non-hydrogen) atoms. The van der Waals surface area contributed by atoms with E-state index in [0.717, 1.165) is 11.5 Å². The molecule has 0 radical (unpaired) electrons.